The van der Waals surface area contributed by atoms with Crippen molar-refractivity contribution < 1.29 is 9.59 Å². The zero-order valence-corrected chi connectivity index (χ0v) is 13.9. The Kier molecular flexibility index (Phi) is 4.07. The van der Waals surface area contributed by atoms with Gasteiger partial charge in [0.05, 0.1) is 5.55 Å². The van der Waals surface area contributed by atoms with Crippen molar-refractivity contribution >= 4 is 34.3 Å². The van der Waals surface area contributed by atoms with E-state index in [1.165, 1.54) is 11.8 Å². The number of hydrogen-bond donors (Lipinski definition) is 1. The third kappa shape index (κ3) is 2.94. The van der Waals surface area contributed by atoms with Crippen molar-refractivity contribution in [1.29, 1.82) is 0 Å². The molecule has 0 bridgehead atoms. The predicted octanol–water partition coefficient (Wildman–Crippen LogP) is 2.41. The second-order valence-electron chi connectivity index (χ2n) is 5.59. The van der Waals surface area contributed by atoms with Crippen LogP contribution in [-0.4, -0.2) is 33.6 Å². The van der Waals surface area contributed by atoms with Crippen molar-refractivity contribution in [3.05, 3.63) is 71.8 Å². The highest BCUT2D eigenvalue weighted by Crippen LogP contribution is 2.34. The van der Waals surface area contributed by atoms with Crippen molar-refractivity contribution in [2.24, 2.45) is 10.1 Å². The van der Waals surface area contributed by atoms with Crippen molar-refractivity contribution in [1.82, 2.24) is 10.3 Å². The van der Waals surface area contributed by atoms with Gasteiger partial charge in [-0.05, 0) is 29.5 Å². The molecule has 2 aromatic carbocycles. The van der Waals surface area contributed by atoms with Crippen molar-refractivity contribution in [3.63, 3.8) is 0 Å². The molecule has 0 aliphatic carbocycles. The van der Waals surface area contributed by atoms with E-state index >= 15 is 0 Å². The summed E-state index contributed by atoms with van der Waals surface area (Å²) >= 11 is 1.30. The minimum absolute atomic E-state index is 0.311. The zero-order valence-electron chi connectivity index (χ0n) is 13.1. The molecule has 0 saturated carbocycles. The number of hydrogen-bond acceptors (Lipinski definition) is 5. The maximum Gasteiger partial charge on any atom is 0.273 e. The van der Waals surface area contributed by atoms with Crippen molar-refractivity contribution in [3.8, 4) is 0 Å². The van der Waals surface area contributed by atoms with E-state index in [9.17, 15) is 9.59 Å². The van der Waals surface area contributed by atoms with E-state index in [1.54, 1.807) is 34.8 Å². The highest BCUT2D eigenvalue weighted by molar-refractivity contribution is 8.25. The van der Waals surface area contributed by atoms with Crippen LogP contribution in [0.2, 0.25) is 0 Å². The highest BCUT2D eigenvalue weighted by Gasteiger charge is 2.42. The van der Waals surface area contributed by atoms with Gasteiger partial charge in [-0.3, -0.25) is 9.59 Å². The number of nitrogens with one attached hydrogen (secondary N) is 1. The molecule has 25 heavy (non-hydrogen) atoms. The number of thioether (sulfide) groups is 1. The molecule has 2 heterocycles. The minimum Gasteiger partial charge on any atom is -0.338 e. The molecule has 2 unspecified atom stereocenters. The Morgan fingerprint density at radius 3 is 2.44 bits per heavy atom. The van der Waals surface area contributed by atoms with Crippen molar-refractivity contribution in [2.45, 2.75) is 12.1 Å². The lowest BCUT2D eigenvalue weighted by Gasteiger charge is -2.35. The van der Waals surface area contributed by atoms with Crippen LogP contribution < -0.4 is 5.32 Å². The normalized spacial score (nSPS) is 21.7. The summed E-state index contributed by atoms with van der Waals surface area (Å²) in [6.45, 7) is 0. The standard InChI is InChI=1S/C18H14N4O2S/c23-16(13-9-5-2-6-10-13)20-14-15(12-7-3-1-4-8-12)22-18(21-17(14)24)25-11-19-22/h1-11,14-15H,(H,20,23). The molecule has 7 heteroatoms. The monoisotopic (exact) mass is 350 g/mol. The number of nitrogens with zero attached hydrogens (tertiary/aromatic N) is 3. The average Bonchev–Trinajstić information content (AvgIpc) is 3.11. The quantitative estimate of drug-likeness (QED) is 0.922. The Morgan fingerprint density at radius 1 is 1.04 bits per heavy atom. The van der Waals surface area contributed by atoms with E-state index in [4.69, 9.17) is 0 Å². The first kappa shape index (κ1) is 15.6. The van der Waals surface area contributed by atoms with Crippen LogP contribution in [-0.2, 0) is 4.79 Å². The summed E-state index contributed by atoms with van der Waals surface area (Å²) in [5, 5.41) is 9.37. The van der Waals surface area contributed by atoms with Gasteiger partial charge in [-0.15, -0.1) is 0 Å². The fourth-order valence-corrected chi connectivity index (χ4v) is 3.53. The van der Waals surface area contributed by atoms with Gasteiger partial charge in [-0.25, -0.2) is 5.01 Å². The Hall–Kier alpha value is -2.93. The third-order valence-electron chi connectivity index (χ3n) is 4.04. The molecule has 0 fully saturated rings. The first-order valence-electron chi connectivity index (χ1n) is 7.76. The van der Waals surface area contributed by atoms with Crippen LogP contribution in [0, 0.1) is 0 Å². The number of fused-ring (bicyclic) bond motifs is 1. The van der Waals surface area contributed by atoms with Gasteiger partial charge in [-0.1, -0.05) is 48.5 Å². The van der Waals surface area contributed by atoms with E-state index in [-0.39, 0.29) is 11.8 Å². The summed E-state index contributed by atoms with van der Waals surface area (Å²) in [7, 11) is 0. The second kappa shape index (κ2) is 6.52. The molecule has 0 spiro atoms. The molecule has 4 rings (SSSR count). The zero-order chi connectivity index (χ0) is 17.2. The van der Waals surface area contributed by atoms with Gasteiger partial charge in [-0.2, -0.15) is 10.1 Å². The van der Waals surface area contributed by atoms with Gasteiger partial charge in [0.2, 0.25) is 0 Å². The molecule has 2 amide bonds. The number of amidine groups is 1. The molecule has 2 aliphatic heterocycles. The molecule has 2 aromatic rings. The minimum atomic E-state index is -0.810. The first-order chi connectivity index (χ1) is 12.2. The van der Waals surface area contributed by atoms with Crippen LogP contribution in [0.1, 0.15) is 22.0 Å². The van der Waals surface area contributed by atoms with Gasteiger partial charge >= 0.3 is 0 Å². The summed E-state index contributed by atoms with van der Waals surface area (Å²) in [5.74, 6) is -0.684. The van der Waals surface area contributed by atoms with Gasteiger partial charge in [0.1, 0.15) is 12.1 Å². The van der Waals surface area contributed by atoms with Gasteiger partial charge < -0.3 is 5.32 Å². The van der Waals surface area contributed by atoms with Gasteiger partial charge in [0, 0.05) is 5.56 Å². The molecule has 2 atom stereocenters. The van der Waals surface area contributed by atoms with Crippen molar-refractivity contribution in [2.75, 3.05) is 0 Å². The number of aliphatic imine (C=N–C) groups is 1. The van der Waals surface area contributed by atoms with E-state index < -0.39 is 12.1 Å². The third-order valence-corrected chi connectivity index (χ3v) is 4.73. The Bertz CT molecular complexity index is 867. The first-order valence-corrected chi connectivity index (χ1v) is 8.64. The van der Waals surface area contributed by atoms with Crippen LogP contribution in [0.4, 0.5) is 0 Å². The number of benzene rings is 2. The summed E-state index contributed by atoms with van der Waals surface area (Å²) in [6.07, 6.45) is 0. The van der Waals surface area contributed by atoms with Crippen LogP contribution in [0.25, 0.3) is 0 Å². The number of carbonyl (C=O) groups is 2. The SMILES string of the molecule is O=C(NC1C(=O)N=C2SC=NN2C1c1ccccc1)c1ccccc1. The Labute approximate surface area is 148 Å². The van der Waals surface area contributed by atoms with Gasteiger partial charge in [0.15, 0.2) is 5.17 Å². The second-order valence-corrected chi connectivity index (χ2v) is 6.40. The highest BCUT2D eigenvalue weighted by atomic mass is 32.2. The lowest BCUT2D eigenvalue weighted by atomic mass is 9.96. The van der Waals surface area contributed by atoms with Gasteiger partial charge in [0.25, 0.3) is 11.8 Å². The molecule has 2 aliphatic rings. The maximum atomic E-state index is 12.6. The molecule has 124 valence electrons. The Balaban J connectivity index is 1.69. The van der Waals surface area contributed by atoms with Crippen LogP contribution in [0.3, 0.4) is 0 Å². The molecule has 0 radical (unpaired) electrons. The largest absolute Gasteiger partial charge is 0.338 e. The molecular weight excluding hydrogens is 336 g/mol. The molecule has 0 saturated heterocycles. The van der Waals surface area contributed by atoms with E-state index in [2.05, 4.69) is 15.4 Å². The number of hydrazone groups is 1. The summed E-state index contributed by atoms with van der Waals surface area (Å²) in [6, 6.07) is 17.1. The molecule has 1 N–H and O–H groups in total. The summed E-state index contributed by atoms with van der Waals surface area (Å²) in [5.41, 5.74) is 3.03. The fraction of sp³-hybridized carbons (Fsp3) is 0.111. The van der Waals surface area contributed by atoms with Crippen LogP contribution in [0.5, 0.6) is 0 Å². The molecule has 0 aromatic heterocycles. The lowest BCUT2D eigenvalue weighted by molar-refractivity contribution is -0.121. The maximum absolute atomic E-state index is 12.6. The van der Waals surface area contributed by atoms with Crippen LogP contribution in [0.15, 0.2) is 70.8 Å². The fourth-order valence-electron chi connectivity index (χ4n) is 2.87. The summed E-state index contributed by atoms with van der Waals surface area (Å²) < 4.78 is 0. The molecule has 6 nitrogen and oxygen atoms in total. The number of amides is 2. The lowest BCUT2D eigenvalue weighted by Crippen LogP contribution is -2.52. The topological polar surface area (TPSA) is 74.1 Å². The predicted molar refractivity (Wildman–Crippen MR) is 97.2 cm³/mol. The van der Waals surface area contributed by atoms with E-state index in [1.807, 2.05) is 36.4 Å². The van der Waals surface area contributed by atoms with Crippen LogP contribution >= 0.6 is 11.8 Å². The molecular formula is C18H14N4O2S. The Morgan fingerprint density at radius 2 is 1.72 bits per heavy atom. The number of rotatable bonds is 3. The summed E-state index contributed by atoms with van der Waals surface area (Å²) in [4.78, 5) is 29.2. The van der Waals surface area contributed by atoms with E-state index in [0.717, 1.165) is 5.56 Å². The van der Waals surface area contributed by atoms with E-state index in [0.29, 0.717) is 10.7 Å². The average molecular weight is 350 g/mol. The smallest absolute Gasteiger partial charge is 0.273 e. The number of carbonyl (C=O) groups excluding carboxylic acids is 2.